The largest absolute Gasteiger partial charge is 0.462 e. The van der Waals surface area contributed by atoms with Gasteiger partial charge >= 0.3 is 17.9 Å². The highest BCUT2D eigenvalue weighted by Crippen LogP contribution is 2.16. The maximum Gasteiger partial charge on any atom is 0.306 e. The number of unbranched alkanes of at least 4 members (excludes halogenated alkanes) is 25. The predicted molar refractivity (Wildman–Crippen MR) is 206 cm³/mol. The van der Waals surface area contributed by atoms with E-state index < -0.39 is 6.10 Å². The van der Waals surface area contributed by atoms with Crippen LogP contribution in [0.1, 0.15) is 233 Å². The maximum absolute atomic E-state index is 12.5. The van der Waals surface area contributed by atoms with E-state index in [4.69, 9.17) is 14.2 Å². The summed E-state index contributed by atoms with van der Waals surface area (Å²) in [7, 11) is 0. The zero-order valence-electron chi connectivity index (χ0n) is 33.1. The van der Waals surface area contributed by atoms with Crippen LogP contribution >= 0.6 is 0 Å². The minimum atomic E-state index is -0.757. The third-order valence-corrected chi connectivity index (χ3v) is 9.54. The van der Waals surface area contributed by atoms with E-state index in [0.29, 0.717) is 19.3 Å². The molecule has 0 amide bonds. The quantitative estimate of drug-likeness (QED) is 0.0364. The highest BCUT2D eigenvalue weighted by atomic mass is 16.6. The van der Waals surface area contributed by atoms with Crippen molar-refractivity contribution in [3.63, 3.8) is 0 Å². The van der Waals surface area contributed by atoms with Crippen molar-refractivity contribution < 1.29 is 28.6 Å². The average molecular weight is 695 g/mol. The van der Waals surface area contributed by atoms with Gasteiger partial charge in [-0.3, -0.25) is 14.4 Å². The molecule has 6 nitrogen and oxygen atoms in total. The summed E-state index contributed by atoms with van der Waals surface area (Å²) in [5.74, 6) is -0.0939. The molecule has 49 heavy (non-hydrogen) atoms. The number of hydrogen-bond acceptors (Lipinski definition) is 6. The molecule has 0 aliphatic rings. The first kappa shape index (κ1) is 47.4. The monoisotopic (exact) mass is 695 g/mol. The van der Waals surface area contributed by atoms with E-state index in [2.05, 4.69) is 27.7 Å². The Kier molecular flexibility index (Phi) is 36.4. The average Bonchev–Trinajstić information content (AvgIpc) is 3.08. The van der Waals surface area contributed by atoms with Crippen molar-refractivity contribution in [2.45, 2.75) is 239 Å². The van der Waals surface area contributed by atoms with Crippen molar-refractivity contribution in [2.24, 2.45) is 5.92 Å². The molecule has 1 atom stereocenters. The Morgan fingerprint density at radius 2 is 0.673 bits per heavy atom. The van der Waals surface area contributed by atoms with Gasteiger partial charge in [-0.25, -0.2) is 0 Å². The summed E-state index contributed by atoms with van der Waals surface area (Å²) >= 11 is 0. The minimum absolute atomic E-state index is 0.0661. The Bertz CT molecular complexity index is 736. The van der Waals surface area contributed by atoms with Crippen molar-refractivity contribution in [2.75, 3.05) is 13.2 Å². The van der Waals surface area contributed by atoms with Gasteiger partial charge in [0.25, 0.3) is 0 Å². The molecule has 0 rings (SSSR count). The lowest BCUT2D eigenvalue weighted by molar-refractivity contribution is -0.167. The van der Waals surface area contributed by atoms with Crippen molar-refractivity contribution in [3.8, 4) is 0 Å². The van der Waals surface area contributed by atoms with E-state index in [-0.39, 0.29) is 31.1 Å². The highest BCUT2D eigenvalue weighted by Gasteiger charge is 2.19. The normalized spacial score (nSPS) is 11.9. The SMILES string of the molecule is CCCCCCCCCCCCCCCCCCC(=O)OC[C@H](COC(=O)CCCCCCCCCC(C)C)OC(=O)CCCCCCC. The summed E-state index contributed by atoms with van der Waals surface area (Å²) in [5, 5.41) is 0. The Labute approximate surface area is 304 Å². The molecule has 0 fully saturated rings. The van der Waals surface area contributed by atoms with Crippen LogP contribution in [0, 0.1) is 5.92 Å². The maximum atomic E-state index is 12.5. The molecule has 290 valence electrons. The van der Waals surface area contributed by atoms with Gasteiger partial charge < -0.3 is 14.2 Å². The van der Waals surface area contributed by atoms with Crippen LogP contribution in [0.3, 0.4) is 0 Å². The van der Waals surface area contributed by atoms with Crippen molar-refractivity contribution in [1.82, 2.24) is 0 Å². The first-order valence-electron chi connectivity index (χ1n) is 21.4. The number of carbonyl (C=O) groups is 3. The first-order valence-corrected chi connectivity index (χ1v) is 21.4. The Morgan fingerprint density at radius 3 is 1.00 bits per heavy atom. The van der Waals surface area contributed by atoms with Crippen LogP contribution in [-0.4, -0.2) is 37.2 Å². The molecule has 0 radical (unpaired) electrons. The Morgan fingerprint density at radius 1 is 0.388 bits per heavy atom. The van der Waals surface area contributed by atoms with Crippen molar-refractivity contribution >= 4 is 17.9 Å². The lowest BCUT2D eigenvalue weighted by Crippen LogP contribution is -2.30. The van der Waals surface area contributed by atoms with Crippen LogP contribution in [0.25, 0.3) is 0 Å². The Hall–Kier alpha value is -1.59. The molecule has 0 aliphatic heterocycles. The third-order valence-electron chi connectivity index (χ3n) is 9.54. The first-order chi connectivity index (χ1) is 23.9. The lowest BCUT2D eigenvalue weighted by atomic mass is 10.0. The van der Waals surface area contributed by atoms with E-state index in [1.807, 2.05) is 0 Å². The molecule has 0 aromatic carbocycles. The second-order valence-corrected chi connectivity index (χ2v) is 15.1. The standard InChI is InChI=1S/C43H82O6/c1-5-7-9-11-12-13-14-15-16-17-18-19-20-23-27-30-34-41(44)47-37-40(49-43(46)36-32-25-10-8-6-2)38-48-42(45)35-31-28-24-21-22-26-29-33-39(3)4/h39-40H,5-38H2,1-4H3/t40-/m1/s1. The van der Waals surface area contributed by atoms with Gasteiger partial charge in [0.1, 0.15) is 13.2 Å². The topological polar surface area (TPSA) is 78.9 Å². The zero-order chi connectivity index (χ0) is 36.0. The molecular formula is C43H82O6. The number of rotatable bonds is 38. The van der Waals surface area contributed by atoms with Gasteiger partial charge in [-0.1, -0.05) is 195 Å². The van der Waals surface area contributed by atoms with Crippen LogP contribution in [-0.2, 0) is 28.6 Å². The third kappa shape index (κ3) is 37.5. The van der Waals surface area contributed by atoms with Crippen LogP contribution in [0.2, 0.25) is 0 Å². The molecule has 0 aliphatic carbocycles. The fraction of sp³-hybridized carbons (Fsp3) is 0.930. The van der Waals surface area contributed by atoms with E-state index in [1.165, 1.54) is 122 Å². The van der Waals surface area contributed by atoms with Gasteiger partial charge in [0, 0.05) is 19.3 Å². The molecule has 6 heteroatoms. The van der Waals surface area contributed by atoms with Gasteiger partial charge in [-0.15, -0.1) is 0 Å². The minimum Gasteiger partial charge on any atom is -0.462 e. The fourth-order valence-corrected chi connectivity index (χ4v) is 6.27. The number of esters is 3. The second kappa shape index (κ2) is 37.7. The van der Waals surface area contributed by atoms with E-state index >= 15 is 0 Å². The van der Waals surface area contributed by atoms with Crippen LogP contribution in [0.15, 0.2) is 0 Å². The van der Waals surface area contributed by atoms with E-state index in [1.54, 1.807) is 0 Å². The summed E-state index contributed by atoms with van der Waals surface area (Å²) in [5.41, 5.74) is 0. The summed E-state index contributed by atoms with van der Waals surface area (Å²) in [6.07, 6.45) is 35.6. The van der Waals surface area contributed by atoms with Crippen molar-refractivity contribution in [1.29, 1.82) is 0 Å². The van der Waals surface area contributed by atoms with Crippen LogP contribution in [0.5, 0.6) is 0 Å². The van der Waals surface area contributed by atoms with Gasteiger partial charge in [-0.2, -0.15) is 0 Å². The molecular weight excluding hydrogens is 612 g/mol. The zero-order valence-corrected chi connectivity index (χ0v) is 33.1. The Balaban J connectivity index is 4.13. The van der Waals surface area contributed by atoms with E-state index in [0.717, 1.165) is 70.1 Å². The molecule has 0 saturated carbocycles. The molecule has 0 unspecified atom stereocenters. The summed E-state index contributed by atoms with van der Waals surface area (Å²) in [6.45, 7) is 8.85. The summed E-state index contributed by atoms with van der Waals surface area (Å²) < 4.78 is 16.5. The number of hydrogen-bond donors (Lipinski definition) is 0. The van der Waals surface area contributed by atoms with E-state index in [9.17, 15) is 14.4 Å². The fourth-order valence-electron chi connectivity index (χ4n) is 6.27. The molecule has 0 heterocycles. The summed E-state index contributed by atoms with van der Waals surface area (Å²) in [4.78, 5) is 37.3. The smallest absolute Gasteiger partial charge is 0.306 e. The molecule has 0 spiro atoms. The molecule has 0 N–H and O–H groups in total. The van der Waals surface area contributed by atoms with Crippen LogP contribution < -0.4 is 0 Å². The lowest BCUT2D eigenvalue weighted by Gasteiger charge is -2.18. The molecule has 0 bridgehead atoms. The number of carbonyl (C=O) groups excluding carboxylic acids is 3. The number of ether oxygens (including phenoxy) is 3. The van der Waals surface area contributed by atoms with Crippen LogP contribution in [0.4, 0.5) is 0 Å². The molecule has 0 aromatic rings. The second-order valence-electron chi connectivity index (χ2n) is 15.1. The van der Waals surface area contributed by atoms with Crippen molar-refractivity contribution in [3.05, 3.63) is 0 Å². The molecule has 0 saturated heterocycles. The van der Waals surface area contributed by atoms with Gasteiger partial charge in [0.2, 0.25) is 0 Å². The predicted octanol–water partition coefficient (Wildman–Crippen LogP) is 13.2. The highest BCUT2D eigenvalue weighted by molar-refractivity contribution is 5.71. The summed E-state index contributed by atoms with van der Waals surface area (Å²) in [6, 6.07) is 0. The van der Waals surface area contributed by atoms with Gasteiger partial charge in [0.05, 0.1) is 0 Å². The molecule has 0 aromatic heterocycles. The van der Waals surface area contributed by atoms with Gasteiger partial charge in [-0.05, 0) is 25.2 Å². The van der Waals surface area contributed by atoms with Gasteiger partial charge in [0.15, 0.2) is 6.10 Å².